The third-order valence-corrected chi connectivity index (χ3v) is 6.92. The number of aliphatic hydroxyl groups excluding tert-OH is 1. The van der Waals surface area contributed by atoms with Crippen LogP contribution in [0.3, 0.4) is 0 Å². The van der Waals surface area contributed by atoms with E-state index in [1.54, 1.807) is 0 Å². The van der Waals surface area contributed by atoms with Gasteiger partial charge in [-0.15, -0.1) is 0 Å². The van der Waals surface area contributed by atoms with E-state index in [0.29, 0.717) is 13.1 Å². The fourth-order valence-corrected chi connectivity index (χ4v) is 4.69. The summed E-state index contributed by atoms with van der Waals surface area (Å²) in [5.41, 5.74) is 10.7. The van der Waals surface area contributed by atoms with Crippen LogP contribution in [0.15, 0.2) is 36.4 Å². The molecule has 3 rings (SSSR count). The first-order chi connectivity index (χ1) is 16.2. The van der Waals surface area contributed by atoms with Gasteiger partial charge in [0.05, 0.1) is 0 Å². The Kier molecular flexibility index (Phi) is 8.80. The summed E-state index contributed by atoms with van der Waals surface area (Å²) in [7, 11) is 0. The molecule has 2 unspecified atom stereocenters. The molecule has 0 aliphatic carbocycles. The second-order valence-electron chi connectivity index (χ2n) is 9.30. The van der Waals surface area contributed by atoms with Crippen LogP contribution in [0.25, 0.3) is 0 Å². The van der Waals surface area contributed by atoms with Gasteiger partial charge in [0.2, 0.25) is 0 Å². The number of aryl methyl sites for hydroxylation is 1. The van der Waals surface area contributed by atoms with Crippen molar-refractivity contribution in [2.24, 2.45) is 0 Å². The molecule has 2 aromatic carbocycles. The first-order valence-corrected chi connectivity index (χ1v) is 12.3. The first kappa shape index (κ1) is 25.8. The smallest absolute Gasteiger partial charge is 0.263 e. The van der Waals surface area contributed by atoms with Crippen molar-refractivity contribution in [3.8, 4) is 5.75 Å². The van der Waals surface area contributed by atoms with Crippen LogP contribution in [-0.4, -0.2) is 65.4 Å². The van der Waals surface area contributed by atoms with Gasteiger partial charge < -0.3 is 25.8 Å². The van der Waals surface area contributed by atoms with E-state index < -0.39 is 12.3 Å². The predicted molar refractivity (Wildman–Crippen MR) is 138 cm³/mol. The van der Waals surface area contributed by atoms with Crippen molar-refractivity contribution in [1.82, 2.24) is 9.80 Å². The molecule has 1 amide bonds. The Morgan fingerprint density at radius 1 is 1.21 bits per heavy atom. The molecule has 2 aromatic rings. The fraction of sp³-hybridized carbons (Fsp3) is 0.519. The molecular formula is C27H40N4O3. The van der Waals surface area contributed by atoms with Gasteiger partial charge in [0, 0.05) is 43.6 Å². The van der Waals surface area contributed by atoms with Crippen LogP contribution in [-0.2, 0) is 4.79 Å². The summed E-state index contributed by atoms with van der Waals surface area (Å²) in [6.45, 7) is 12.6. The number of likely N-dealkylation sites (N-methyl/N-ethyl adjacent to an activating group) is 1. The number of rotatable bonds is 9. The number of ether oxygens (including phenoxy) is 1. The van der Waals surface area contributed by atoms with Crippen LogP contribution >= 0.6 is 0 Å². The molecule has 0 radical (unpaired) electrons. The van der Waals surface area contributed by atoms with E-state index in [9.17, 15) is 9.90 Å². The van der Waals surface area contributed by atoms with E-state index in [1.165, 1.54) is 0 Å². The third-order valence-electron chi connectivity index (χ3n) is 6.92. The third kappa shape index (κ3) is 6.21. The van der Waals surface area contributed by atoms with Crippen LogP contribution in [0, 0.1) is 20.8 Å². The number of carbonyl (C=O) groups is 1. The van der Waals surface area contributed by atoms with Crippen molar-refractivity contribution in [1.29, 1.82) is 0 Å². The van der Waals surface area contributed by atoms with Gasteiger partial charge in [-0.2, -0.15) is 0 Å². The SMILES string of the molecule is CCN(C(=O)C(C)Oc1cc(C)c(N)c(C)c1C)C1CCN(CC(O)Nc2ccccc2)CC1. The molecule has 1 aliphatic rings. The average Bonchev–Trinajstić information content (AvgIpc) is 2.83. The van der Waals surface area contributed by atoms with Crippen molar-refractivity contribution < 1.29 is 14.6 Å². The van der Waals surface area contributed by atoms with Gasteiger partial charge >= 0.3 is 0 Å². The van der Waals surface area contributed by atoms with Crippen molar-refractivity contribution in [2.45, 2.75) is 65.8 Å². The number of hydrogen-bond acceptors (Lipinski definition) is 6. The number of benzene rings is 2. The molecule has 1 aliphatic heterocycles. The van der Waals surface area contributed by atoms with Crippen molar-refractivity contribution in [3.63, 3.8) is 0 Å². The second kappa shape index (κ2) is 11.6. The van der Waals surface area contributed by atoms with Crippen LogP contribution in [0.2, 0.25) is 0 Å². The normalized spacial score (nSPS) is 16.6. The maximum absolute atomic E-state index is 13.3. The molecule has 7 heteroatoms. The summed E-state index contributed by atoms with van der Waals surface area (Å²) < 4.78 is 6.13. The van der Waals surface area contributed by atoms with E-state index in [1.807, 2.05) is 75.9 Å². The van der Waals surface area contributed by atoms with E-state index >= 15 is 0 Å². The van der Waals surface area contributed by atoms with Crippen molar-refractivity contribution in [2.75, 3.05) is 37.2 Å². The number of likely N-dealkylation sites (tertiary alicyclic amines) is 1. The van der Waals surface area contributed by atoms with Gasteiger partial charge in [-0.1, -0.05) is 18.2 Å². The number of nitrogens with two attached hydrogens (primary N) is 1. The lowest BCUT2D eigenvalue weighted by molar-refractivity contribution is -0.141. The maximum Gasteiger partial charge on any atom is 0.263 e. The molecule has 2 atom stereocenters. The summed E-state index contributed by atoms with van der Waals surface area (Å²) >= 11 is 0. The summed E-state index contributed by atoms with van der Waals surface area (Å²) in [6, 6.07) is 11.8. The Labute approximate surface area is 203 Å². The molecule has 7 nitrogen and oxygen atoms in total. The van der Waals surface area contributed by atoms with Gasteiger partial charge in [0.1, 0.15) is 12.0 Å². The molecule has 1 saturated heterocycles. The topological polar surface area (TPSA) is 91.1 Å². The molecule has 1 fully saturated rings. The lowest BCUT2D eigenvalue weighted by atomic mass is 10.0. The largest absolute Gasteiger partial charge is 0.481 e. The Morgan fingerprint density at radius 3 is 2.47 bits per heavy atom. The molecule has 0 aromatic heterocycles. The van der Waals surface area contributed by atoms with E-state index in [0.717, 1.165) is 59.7 Å². The molecule has 1 heterocycles. The Morgan fingerprint density at radius 2 is 1.85 bits per heavy atom. The van der Waals surface area contributed by atoms with Crippen LogP contribution in [0.4, 0.5) is 11.4 Å². The molecule has 186 valence electrons. The number of para-hydroxylation sites is 1. The van der Waals surface area contributed by atoms with Crippen LogP contribution < -0.4 is 15.8 Å². The van der Waals surface area contributed by atoms with Gasteiger partial charge in [-0.05, 0) is 82.3 Å². The van der Waals surface area contributed by atoms with Gasteiger partial charge in [-0.25, -0.2) is 0 Å². The minimum absolute atomic E-state index is 0.0123. The second-order valence-corrected chi connectivity index (χ2v) is 9.30. The Bertz CT molecular complexity index is 958. The maximum atomic E-state index is 13.3. The number of carbonyl (C=O) groups excluding carboxylic acids is 1. The zero-order valence-corrected chi connectivity index (χ0v) is 21.2. The van der Waals surface area contributed by atoms with Gasteiger partial charge in [-0.3, -0.25) is 9.69 Å². The highest BCUT2D eigenvalue weighted by atomic mass is 16.5. The number of aliphatic hydroxyl groups is 1. The highest BCUT2D eigenvalue weighted by Crippen LogP contribution is 2.30. The number of hydrogen-bond donors (Lipinski definition) is 3. The quantitative estimate of drug-likeness (QED) is 0.384. The molecular weight excluding hydrogens is 428 g/mol. The number of nitrogens with zero attached hydrogens (tertiary/aromatic N) is 2. The minimum Gasteiger partial charge on any atom is -0.481 e. The van der Waals surface area contributed by atoms with E-state index in [4.69, 9.17) is 10.5 Å². The number of amides is 1. The first-order valence-electron chi connectivity index (χ1n) is 12.3. The monoisotopic (exact) mass is 468 g/mol. The molecule has 0 spiro atoms. The number of nitrogen functional groups attached to an aromatic ring is 1. The summed E-state index contributed by atoms with van der Waals surface area (Å²) in [5.74, 6) is 0.731. The van der Waals surface area contributed by atoms with Gasteiger partial charge in [0.25, 0.3) is 5.91 Å². The van der Waals surface area contributed by atoms with Crippen LogP contribution in [0.1, 0.15) is 43.4 Å². The van der Waals surface area contributed by atoms with E-state index in [-0.39, 0.29) is 11.9 Å². The van der Waals surface area contributed by atoms with Gasteiger partial charge in [0.15, 0.2) is 6.10 Å². The molecule has 0 bridgehead atoms. The lowest BCUT2D eigenvalue weighted by Gasteiger charge is -2.39. The number of anilines is 2. The zero-order chi connectivity index (χ0) is 24.8. The van der Waals surface area contributed by atoms with Crippen LogP contribution in [0.5, 0.6) is 5.75 Å². The number of piperidine rings is 1. The highest BCUT2D eigenvalue weighted by molar-refractivity contribution is 5.81. The lowest BCUT2D eigenvalue weighted by Crippen LogP contribution is -2.51. The highest BCUT2D eigenvalue weighted by Gasteiger charge is 2.31. The fourth-order valence-electron chi connectivity index (χ4n) is 4.69. The van der Waals surface area contributed by atoms with E-state index in [2.05, 4.69) is 10.2 Å². The molecule has 0 saturated carbocycles. The Hall–Kier alpha value is -2.77. The Balaban J connectivity index is 1.54. The zero-order valence-electron chi connectivity index (χ0n) is 21.2. The summed E-state index contributed by atoms with van der Waals surface area (Å²) in [6.07, 6.45) is 0.551. The summed E-state index contributed by atoms with van der Waals surface area (Å²) in [5, 5.41) is 13.5. The van der Waals surface area contributed by atoms with Crippen molar-refractivity contribution >= 4 is 17.3 Å². The minimum atomic E-state index is -0.633. The number of β-amino-alcohol motifs (C(OH)–C–C–N with tert-alkyl or cyclic N) is 1. The average molecular weight is 469 g/mol. The predicted octanol–water partition coefficient (Wildman–Crippen LogP) is 3.70. The summed E-state index contributed by atoms with van der Waals surface area (Å²) in [4.78, 5) is 17.5. The standard InChI is InChI=1S/C27H40N4O3/c1-6-31(27(33)21(5)34-24-16-18(2)26(28)20(4)19(24)3)23-12-14-30(15-13-23)17-25(32)29-22-10-8-7-9-11-22/h7-11,16,21,23,25,29,32H,6,12-15,17,28H2,1-5H3. The van der Waals surface area contributed by atoms with Crippen molar-refractivity contribution in [3.05, 3.63) is 53.1 Å². The number of nitrogens with one attached hydrogen (secondary N) is 1. The molecule has 4 N–H and O–H groups in total. The molecule has 34 heavy (non-hydrogen) atoms.